The summed E-state index contributed by atoms with van der Waals surface area (Å²) in [4.78, 5) is 18.5. The van der Waals surface area contributed by atoms with E-state index in [9.17, 15) is 18.3 Å². The smallest absolute Gasteiger partial charge is 0.243 e. The molecule has 0 radical (unpaired) electrons. The van der Waals surface area contributed by atoms with Gasteiger partial charge < -0.3 is 14.9 Å². The van der Waals surface area contributed by atoms with Crippen molar-refractivity contribution in [2.24, 2.45) is 11.3 Å². The molecule has 5 fully saturated rings. The second-order valence-electron chi connectivity index (χ2n) is 12.6. The number of carbonyl (C=O) groups excluding carboxylic acids is 1. The highest BCUT2D eigenvalue weighted by Gasteiger charge is 2.60. The third-order valence-electron chi connectivity index (χ3n) is 10.0. The van der Waals surface area contributed by atoms with Gasteiger partial charge in [-0.15, -0.1) is 0 Å². The average molecular weight is 564 g/mol. The first-order chi connectivity index (χ1) is 18.3. The number of hydrogen-bond acceptors (Lipinski definition) is 5. The molecular weight excluding hydrogens is 522 g/mol. The lowest BCUT2D eigenvalue weighted by molar-refractivity contribution is -0.135. The second-order valence-corrected chi connectivity index (χ2v) is 14.9. The molecule has 3 atom stereocenters. The predicted octanol–water partition coefficient (Wildman–Crippen LogP) is 4.28. The van der Waals surface area contributed by atoms with Crippen LogP contribution in [0.3, 0.4) is 0 Å². The van der Waals surface area contributed by atoms with E-state index in [1.165, 1.54) is 32.4 Å². The minimum atomic E-state index is -3.80. The monoisotopic (exact) mass is 563 g/mol. The van der Waals surface area contributed by atoms with E-state index in [4.69, 9.17) is 11.6 Å². The number of benzene rings is 1. The average Bonchev–Trinajstić information content (AvgIpc) is 3.85. The number of rotatable bonds is 7. The number of carbonyl (C=O) groups is 1. The summed E-state index contributed by atoms with van der Waals surface area (Å²) >= 11 is 6.06. The molecule has 0 aromatic heterocycles. The SMILES string of the molecule is O=C(CC1(C2CC(O)CC(C3CC3)N2S(=O)(=O)c2ccc(Cl)cc2)CC1)N1CCC(N2CCCCC2)CC1. The van der Waals surface area contributed by atoms with Gasteiger partial charge >= 0.3 is 0 Å². The number of halogens is 1. The molecule has 0 spiro atoms. The fourth-order valence-corrected chi connectivity index (χ4v) is 9.62. The van der Waals surface area contributed by atoms with Gasteiger partial charge in [0.05, 0.1) is 11.0 Å². The van der Waals surface area contributed by atoms with Gasteiger partial charge in [0.15, 0.2) is 0 Å². The number of likely N-dealkylation sites (tertiary alicyclic amines) is 2. The van der Waals surface area contributed by atoms with Crippen molar-refractivity contribution in [3.63, 3.8) is 0 Å². The molecule has 0 bridgehead atoms. The normalized spacial score (nSPS) is 31.3. The third-order valence-corrected chi connectivity index (χ3v) is 12.2. The van der Waals surface area contributed by atoms with Crippen molar-refractivity contribution in [2.75, 3.05) is 26.2 Å². The maximum absolute atomic E-state index is 14.1. The van der Waals surface area contributed by atoms with E-state index in [1.807, 2.05) is 4.90 Å². The Morgan fingerprint density at radius 1 is 0.947 bits per heavy atom. The summed E-state index contributed by atoms with van der Waals surface area (Å²) in [5, 5.41) is 11.4. The lowest BCUT2D eigenvalue weighted by Crippen LogP contribution is -2.58. The van der Waals surface area contributed by atoms with Gasteiger partial charge in [0.2, 0.25) is 15.9 Å². The van der Waals surface area contributed by atoms with Crippen LogP contribution in [0.15, 0.2) is 29.2 Å². The van der Waals surface area contributed by atoms with E-state index < -0.39 is 16.1 Å². The first kappa shape index (κ1) is 27.0. The van der Waals surface area contributed by atoms with Crippen LogP contribution >= 0.6 is 11.6 Å². The fraction of sp³-hybridized carbons (Fsp3) is 0.759. The number of aliphatic hydroxyl groups excluding tert-OH is 1. The molecule has 3 aliphatic heterocycles. The Hall–Kier alpha value is -1.19. The van der Waals surface area contributed by atoms with Crippen LogP contribution in [-0.2, 0) is 14.8 Å². The third kappa shape index (κ3) is 5.40. The summed E-state index contributed by atoms with van der Waals surface area (Å²) in [6.45, 7) is 3.96. The molecular formula is C29H42ClN3O4S. The van der Waals surface area contributed by atoms with Crippen molar-refractivity contribution in [1.82, 2.24) is 14.1 Å². The second kappa shape index (κ2) is 10.7. The summed E-state index contributed by atoms with van der Waals surface area (Å²) in [7, 11) is -3.80. The zero-order valence-electron chi connectivity index (χ0n) is 22.3. The van der Waals surface area contributed by atoms with Crippen LogP contribution in [0.1, 0.15) is 77.0 Å². The lowest BCUT2D eigenvalue weighted by Gasteiger charge is -2.47. The molecule has 1 amide bonds. The maximum atomic E-state index is 14.1. The van der Waals surface area contributed by atoms with Crippen LogP contribution in [0.4, 0.5) is 0 Å². The van der Waals surface area contributed by atoms with E-state index in [2.05, 4.69) is 4.90 Å². The highest BCUT2D eigenvalue weighted by Crippen LogP contribution is 2.58. The number of aliphatic hydroxyl groups is 1. The summed E-state index contributed by atoms with van der Waals surface area (Å²) in [5.74, 6) is 0.446. The molecule has 9 heteroatoms. The van der Waals surface area contributed by atoms with Crippen LogP contribution in [0.2, 0.25) is 5.02 Å². The summed E-state index contributed by atoms with van der Waals surface area (Å²) in [6, 6.07) is 6.44. The molecule has 6 rings (SSSR count). The molecule has 7 nitrogen and oxygen atoms in total. The molecule has 3 heterocycles. The highest BCUT2D eigenvalue weighted by molar-refractivity contribution is 7.89. The molecule has 38 heavy (non-hydrogen) atoms. The van der Waals surface area contributed by atoms with Crippen LogP contribution < -0.4 is 0 Å². The van der Waals surface area contributed by atoms with Gasteiger partial charge in [-0.05, 0) is 113 Å². The van der Waals surface area contributed by atoms with E-state index >= 15 is 0 Å². The predicted molar refractivity (Wildman–Crippen MR) is 147 cm³/mol. The van der Waals surface area contributed by atoms with Crippen molar-refractivity contribution >= 4 is 27.5 Å². The molecule has 5 aliphatic rings. The Morgan fingerprint density at radius 3 is 2.21 bits per heavy atom. The zero-order valence-corrected chi connectivity index (χ0v) is 23.9. The summed E-state index contributed by atoms with van der Waals surface area (Å²) < 4.78 is 30.0. The van der Waals surface area contributed by atoms with Gasteiger partial charge in [-0.25, -0.2) is 8.42 Å². The lowest BCUT2D eigenvalue weighted by atomic mass is 9.82. The Balaban J connectivity index is 1.19. The molecule has 2 aliphatic carbocycles. The maximum Gasteiger partial charge on any atom is 0.243 e. The van der Waals surface area contributed by atoms with Gasteiger partial charge in [0, 0.05) is 42.7 Å². The fourth-order valence-electron chi connectivity index (χ4n) is 7.51. The van der Waals surface area contributed by atoms with Crippen molar-refractivity contribution in [1.29, 1.82) is 0 Å². The topological polar surface area (TPSA) is 81.2 Å². The van der Waals surface area contributed by atoms with E-state index in [-0.39, 0.29) is 34.2 Å². The van der Waals surface area contributed by atoms with Crippen molar-refractivity contribution in [3.05, 3.63) is 29.3 Å². The number of amides is 1. The largest absolute Gasteiger partial charge is 0.393 e. The first-order valence-corrected chi connectivity index (χ1v) is 16.6. The van der Waals surface area contributed by atoms with Crippen molar-refractivity contribution in [3.8, 4) is 0 Å². The van der Waals surface area contributed by atoms with Gasteiger partial charge in [0.1, 0.15) is 0 Å². The summed E-state index contributed by atoms with van der Waals surface area (Å²) in [6.07, 6.45) is 10.3. The zero-order chi connectivity index (χ0) is 26.5. The van der Waals surface area contributed by atoms with Crippen molar-refractivity contribution in [2.45, 2.75) is 106 Å². The van der Waals surface area contributed by atoms with Gasteiger partial charge in [-0.1, -0.05) is 18.0 Å². The molecule has 2 saturated carbocycles. The van der Waals surface area contributed by atoms with E-state index in [0.29, 0.717) is 30.3 Å². The van der Waals surface area contributed by atoms with Crippen molar-refractivity contribution < 1.29 is 18.3 Å². The Morgan fingerprint density at radius 2 is 1.61 bits per heavy atom. The quantitative estimate of drug-likeness (QED) is 0.535. The molecule has 210 valence electrons. The first-order valence-electron chi connectivity index (χ1n) is 14.8. The van der Waals surface area contributed by atoms with E-state index in [0.717, 1.165) is 51.6 Å². The number of hydrogen-bond donors (Lipinski definition) is 1. The van der Waals surface area contributed by atoms with Gasteiger partial charge in [-0.2, -0.15) is 4.31 Å². The molecule has 1 aromatic carbocycles. The standard InChI is InChI=1S/C29H42ClN3O4S/c30-22-6-8-25(9-7-22)38(36,37)33-26(21-4-5-21)18-24(34)19-27(33)29(12-13-29)20-28(35)32-16-10-23(11-17-32)31-14-2-1-3-15-31/h6-9,21,23-24,26-27,34H,1-5,10-20H2. The minimum Gasteiger partial charge on any atom is -0.393 e. The Labute approximate surface area is 232 Å². The molecule has 1 aromatic rings. The number of nitrogens with zero attached hydrogens (tertiary/aromatic N) is 3. The van der Waals surface area contributed by atoms with Crippen LogP contribution in [0.5, 0.6) is 0 Å². The number of piperidine rings is 3. The minimum absolute atomic E-state index is 0.159. The summed E-state index contributed by atoms with van der Waals surface area (Å²) in [5.41, 5.74) is -0.380. The molecule has 3 unspecified atom stereocenters. The Kier molecular flexibility index (Phi) is 7.57. The number of sulfonamides is 1. The van der Waals surface area contributed by atoms with Crippen LogP contribution in [-0.4, -0.2) is 83.9 Å². The van der Waals surface area contributed by atoms with Crippen LogP contribution in [0.25, 0.3) is 0 Å². The molecule has 3 saturated heterocycles. The van der Waals surface area contributed by atoms with Gasteiger partial charge in [-0.3, -0.25) is 4.79 Å². The van der Waals surface area contributed by atoms with E-state index in [1.54, 1.807) is 28.6 Å². The van der Waals surface area contributed by atoms with Crippen LogP contribution in [0, 0.1) is 11.3 Å². The Bertz CT molecular complexity index is 1110. The highest BCUT2D eigenvalue weighted by atomic mass is 35.5. The molecule has 1 N–H and O–H groups in total. The van der Waals surface area contributed by atoms with Gasteiger partial charge in [0.25, 0.3) is 0 Å².